The van der Waals surface area contributed by atoms with Crippen molar-refractivity contribution in [3.05, 3.63) is 66.1 Å². The van der Waals surface area contributed by atoms with E-state index in [1.807, 2.05) is 23.9 Å². The average Bonchev–Trinajstić information content (AvgIpc) is 3.36. The average molecular weight is 379 g/mol. The van der Waals surface area contributed by atoms with Crippen LogP contribution < -0.4 is 0 Å². The van der Waals surface area contributed by atoms with Gasteiger partial charge in [0.2, 0.25) is 0 Å². The van der Waals surface area contributed by atoms with Crippen molar-refractivity contribution in [2.75, 3.05) is 7.05 Å². The Bertz CT molecular complexity index is 1130. The van der Waals surface area contributed by atoms with Gasteiger partial charge in [-0.05, 0) is 43.3 Å². The molecule has 0 fully saturated rings. The zero-order valence-corrected chi connectivity index (χ0v) is 15.4. The molecule has 1 amide bonds. The molecule has 1 aromatic carbocycles. The van der Waals surface area contributed by atoms with E-state index in [-0.39, 0.29) is 11.7 Å². The number of hydrogen-bond donors (Lipinski definition) is 0. The Labute approximate surface area is 160 Å². The molecule has 0 radical (unpaired) electrons. The molecule has 0 atom stereocenters. The zero-order valence-electron chi connectivity index (χ0n) is 15.4. The van der Waals surface area contributed by atoms with E-state index in [0.717, 1.165) is 12.2 Å². The third kappa shape index (κ3) is 3.34. The number of aromatic nitrogens is 6. The van der Waals surface area contributed by atoms with E-state index in [2.05, 4.69) is 20.2 Å². The van der Waals surface area contributed by atoms with Crippen LogP contribution in [-0.4, -0.2) is 47.2 Å². The summed E-state index contributed by atoms with van der Waals surface area (Å²) in [7, 11) is 1.70. The van der Waals surface area contributed by atoms with Crippen molar-refractivity contribution < 1.29 is 9.18 Å². The number of benzene rings is 1. The maximum absolute atomic E-state index is 13.2. The fraction of sp³-hybridized carbons (Fsp3) is 0.211. The predicted molar refractivity (Wildman–Crippen MR) is 99.9 cm³/mol. The maximum Gasteiger partial charge on any atom is 0.272 e. The molecule has 0 spiro atoms. The molecular formula is C19H18FN7O. The van der Waals surface area contributed by atoms with Gasteiger partial charge in [0.1, 0.15) is 17.8 Å². The lowest BCUT2D eigenvalue weighted by atomic mass is 10.1. The second-order valence-electron chi connectivity index (χ2n) is 6.33. The summed E-state index contributed by atoms with van der Waals surface area (Å²) in [6, 6.07) is 9.44. The predicted octanol–water partition coefficient (Wildman–Crippen LogP) is 2.42. The number of nitrogens with zero attached hydrogens (tertiary/aromatic N) is 7. The summed E-state index contributed by atoms with van der Waals surface area (Å²) in [5.74, 6) is -0.281. The summed E-state index contributed by atoms with van der Waals surface area (Å²) in [5.41, 5.74) is 2.32. The molecule has 142 valence electrons. The Balaban J connectivity index is 1.69. The van der Waals surface area contributed by atoms with Crippen molar-refractivity contribution in [3.8, 4) is 11.3 Å². The smallest absolute Gasteiger partial charge is 0.272 e. The Kier molecular flexibility index (Phi) is 4.56. The summed E-state index contributed by atoms with van der Waals surface area (Å²) in [5, 5.41) is 8.52. The summed E-state index contributed by atoms with van der Waals surface area (Å²) in [6.07, 6.45) is 3.22. The van der Waals surface area contributed by atoms with Crippen LogP contribution in [0.1, 0.15) is 23.1 Å². The molecule has 0 saturated carbocycles. The lowest BCUT2D eigenvalue weighted by Crippen LogP contribution is -2.28. The van der Waals surface area contributed by atoms with Crippen molar-refractivity contribution in [2.24, 2.45) is 0 Å². The van der Waals surface area contributed by atoms with Gasteiger partial charge in [-0.2, -0.15) is 19.7 Å². The monoisotopic (exact) mass is 379 g/mol. The minimum atomic E-state index is -0.338. The van der Waals surface area contributed by atoms with Crippen LogP contribution in [0.25, 0.3) is 17.0 Å². The first kappa shape index (κ1) is 17.8. The fourth-order valence-electron chi connectivity index (χ4n) is 2.91. The first-order valence-corrected chi connectivity index (χ1v) is 8.79. The zero-order chi connectivity index (χ0) is 19.7. The third-order valence-corrected chi connectivity index (χ3v) is 4.38. The highest BCUT2D eigenvalue weighted by Gasteiger charge is 2.20. The number of carbonyl (C=O) groups excluding carboxylic acids is 1. The number of aryl methyl sites for hydroxylation is 1. The van der Waals surface area contributed by atoms with Crippen LogP contribution >= 0.6 is 0 Å². The summed E-state index contributed by atoms with van der Waals surface area (Å²) in [4.78, 5) is 23.2. The molecule has 8 nitrogen and oxygen atoms in total. The van der Waals surface area contributed by atoms with E-state index >= 15 is 0 Å². The highest BCUT2D eigenvalue weighted by atomic mass is 19.1. The molecule has 0 aliphatic heterocycles. The van der Waals surface area contributed by atoms with Crippen molar-refractivity contribution >= 4 is 11.7 Å². The molecule has 3 heterocycles. The van der Waals surface area contributed by atoms with E-state index in [0.29, 0.717) is 29.3 Å². The molecule has 9 heteroatoms. The van der Waals surface area contributed by atoms with Crippen LogP contribution in [0, 0.1) is 5.82 Å². The SMILES string of the molecule is CCn1ccc(CN(C)C(=O)c2cc(-c3ccc(F)cc3)nc3ncnn23)n1. The molecule has 28 heavy (non-hydrogen) atoms. The highest BCUT2D eigenvalue weighted by molar-refractivity contribution is 5.93. The second kappa shape index (κ2) is 7.18. The quantitative estimate of drug-likeness (QED) is 0.532. The summed E-state index contributed by atoms with van der Waals surface area (Å²) >= 11 is 0. The van der Waals surface area contributed by atoms with E-state index in [1.54, 1.807) is 30.1 Å². The first-order chi connectivity index (χ1) is 13.5. The van der Waals surface area contributed by atoms with Gasteiger partial charge in [0.15, 0.2) is 0 Å². The number of halogens is 1. The molecule has 0 saturated heterocycles. The van der Waals surface area contributed by atoms with Gasteiger partial charge in [-0.15, -0.1) is 0 Å². The van der Waals surface area contributed by atoms with Gasteiger partial charge in [0.05, 0.1) is 17.9 Å². The highest BCUT2D eigenvalue weighted by Crippen LogP contribution is 2.20. The Morgan fingerprint density at radius 1 is 1.21 bits per heavy atom. The van der Waals surface area contributed by atoms with Crippen molar-refractivity contribution in [1.29, 1.82) is 0 Å². The van der Waals surface area contributed by atoms with Crippen molar-refractivity contribution in [2.45, 2.75) is 20.0 Å². The molecule has 0 unspecified atom stereocenters. The molecule has 0 N–H and O–H groups in total. The van der Waals surface area contributed by atoms with Gasteiger partial charge in [-0.1, -0.05) is 0 Å². The van der Waals surface area contributed by atoms with Crippen molar-refractivity contribution in [1.82, 2.24) is 34.3 Å². The van der Waals surface area contributed by atoms with Gasteiger partial charge in [0, 0.05) is 25.4 Å². The normalized spacial score (nSPS) is 11.1. The first-order valence-electron chi connectivity index (χ1n) is 8.79. The molecule has 0 bridgehead atoms. The largest absolute Gasteiger partial charge is 0.334 e. The molecule has 0 aliphatic carbocycles. The standard InChI is InChI=1S/C19H18FN7O/c1-3-26-9-8-15(24-26)11-25(2)18(28)17-10-16(13-4-6-14(20)7-5-13)23-19-21-12-22-27(17)19/h4-10,12H,3,11H2,1-2H3. The summed E-state index contributed by atoms with van der Waals surface area (Å²) < 4.78 is 16.4. The van der Waals surface area contributed by atoms with Crippen LogP contribution in [0.15, 0.2) is 48.9 Å². The lowest BCUT2D eigenvalue weighted by molar-refractivity contribution is 0.0774. The lowest BCUT2D eigenvalue weighted by Gasteiger charge is -2.17. The molecule has 3 aromatic heterocycles. The maximum atomic E-state index is 13.2. The molecule has 0 aliphatic rings. The Morgan fingerprint density at radius 3 is 2.71 bits per heavy atom. The topological polar surface area (TPSA) is 81.2 Å². The van der Waals surface area contributed by atoms with E-state index in [9.17, 15) is 9.18 Å². The van der Waals surface area contributed by atoms with E-state index in [4.69, 9.17) is 0 Å². The van der Waals surface area contributed by atoms with E-state index in [1.165, 1.54) is 23.0 Å². The number of rotatable bonds is 5. The van der Waals surface area contributed by atoms with Gasteiger partial charge >= 0.3 is 0 Å². The van der Waals surface area contributed by atoms with Crippen LogP contribution in [0.4, 0.5) is 4.39 Å². The number of fused-ring (bicyclic) bond motifs is 1. The number of hydrogen-bond acceptors (Lipinski definition) is 5. The van der Waals surface area contributed by atoms with Gasteiger partial charge in [-0.25, -0.2) is 9.37 Å². The Morgan fingerprint density at radius 2 is 2.00 bits per heavy atom. The fourth-order valence-corrected chi connectivity index (χ4v) is 2.91. The van der Waals surface area contributed by atoms with Gasteiger partial charge < -0.3 is 4.90 Å². The minimum absolute atomic E-state index is 0.243. The van der Waals surface area contributed by atoms with Crippen molar-refractivity contribution in [3.63, 3.8) is 0 Å². The van der Waals surface area contributed by atoms with Crippen LogP contribution in [0.3, 0.4) is 0 Å². The van der Waals surface area contributed by atoms with Crippen LogP contribution in [0.5, 0.6) is 0 Å². The summed E-state index contributed by atoms with van der Waals surface area (Å²) in [6.45, 7) is 3.12. The number of amides is 1. The van der Waals surface area contributed by atoms with E-state index < -0.39 is 0 Å². The minimum Gasteiger partial charge on any atom is -0.334 e. The van der Waals surface area contributed by atoms with Crippen LogP contribution in [0.2, 0.25) is 0 Å². The van der Waals surface area contributed by atoms with Gasteiger partial charge in [-0.3, -0.25) is 9.48 Å². The molecule has 4 rings (SSSR count). The van der Waals surface area contributed by atoms with Gasteiger partial charge in [0.25, 0.3) is 11.7 Å². The molecule has 4 aromatic rings. The third-order valence-electron chi connectivity index (χ3n) is 4.38. The Hall–Kier alpha value is -3.62. The van der Waals surface area contributed by atoms with Crippen LogP contribution in [-0.2, 0) is 13.1 Å². The molecular weight excluding hydrogens is 361 g/mol. The second-order valence-corrected chi connectivity index (χ2v) is 6.33. The number of carbonyl (C=O) groups is 1.